The standard InChI is InChI=1S/C12H23N3O/c1-9(2)6-13-7-12(16)8-15-11(4)5-10(3)14-15/h5,9,12-13,16H,6-8H2,1-4H3. The Hall–Kier alpha value is -0.870. The van der Waals surface area contributed by atoms with E-state index in [1.807, 2.05) is 24.6 Å². The number of hydrogen-bond acceptors (Lipinski definition) is 3. The van der Waals surface area contributed by atoms with Crippen LogP contribution in [0, 0.1) is 19.8 Å². The van der Waals surface area contributed by atoms with Crippen LogP contribution in [0.4, 0.5) is 0 Å². The highest BCUT2D eigenvalue weighted by Crippen LogP contribution is 2.02. The van der Waals surface area contributed by atoms with Gasteiger partial charge in [-0.25, -0.2) is 0 Å². The molecule has 92 valence electrons. The van der Waals surface area contributed by atoms with Gasteiger partial charge in [0.2, 0.25) is 0 Å². The number of aromatic nitrogens is 2. The van der Waals surface area contributed by atoms with Crippen molar-refractivity contribution in [3.63, 3.8) is 0 Å². The Morgan fingerprint density at radius 2 is 2.06 bits per heavy atom. The van der Waals surface area contributed by atoms with Gasteiger partial charge in [0.05, 0.1) is 18.3 Å². The Labute approximate surface area is 97.7 Å². The van der Waals surface area contributed by atoms with E-state index in [0.29, 0.717) is 19.0 Å². The van der Waals surface area contributed by atoms with Crippen molar-refractivity contribution in [2.75, 3.05) is 13.1 Å². The number of aryl methyl sites for hydroxylation is 2. The highest BCUT2D eigenvalue weighted by atomic mass is 16.3. The average Bonchev–Trinajstić information content (AvgIpc) is 2.44. The van der Waals surface area contributed by atoms with Crippen LogP contribution in [0.1, 0.15) is 25.2 Å². The molecule has 0 saturated heterocycles. The van der Waals surface area contributed by atoms with Crippen molar-refractivity contribution < 1.29 is 5.11 Å². The van der Waals surface area contributed by atoms with Crippen LogP contribution in [0.2, 0.25) is 0 Å². The molecular weight excluding hydrogens is 202 g/mol. The van der Waals surface area contributed by atoms with Gasteiger partial charge >= 0.3 is 0 Å². The van der Waals surface area contributed by atoms with Crippen LogP contribution in [0.3, 0.4) is 0 Å². The predicted molar refractivity (Wildman–Crippen MR) is 65.4 cm³/mol. The van der Waals surface area contributed by atoms with E-state index in [9.17, 15) is 5.11 Å². The molecule has 0 radical (unpaired) electrons. The van der Waals surface area contributed by atoms with Gasteiger partial charge in [0.1, 0.15) is 0 Å². The van der Waals surface area contributed by atoms with Gasteiger partial charge in [0.25, 0.3) is 0 Å². The average molecular weight is 225 g/mol. The van der Waals surface area contributed by atoms with E-state index < -0.39 is 0 Å². The number of nitrogens with zero attached hydrogens (tertiary/aromatic N) is 2. The molecule has 16 heavy (non-hydrogen) atoms. The second-order valence-electron chi connectivity index (χ2n) is 4.82. The molecule has 1 aromatic heterocycles. The Morgan fingerprint density at radius 1 is 1.38 bits per heavy atom. The van der Waals surface area contributed by atoms with Crippen LogP contribution in [-0.2, 0) is 6.54 Å². The first-order valence-electron chi connectivity index (χ1n) is 5.89. The SMILES string of the molecule is Cc1cc(C)n(CC(O)CNCC(C)C)n1. The quantitative estimate of drug-likeness (QED) is 0.762. The van der Waals surface area contributed by atoms with Crippen molar-refractivity contribution in [1.29, 1.82) is 0 Å². The third-order valence-electron chi connectivity index (χ3n) is 2.42. The first-order valence-corrected chi connectivity index (χ1v) is 5.89. The molecule has 0 aliphatic rings. The lowest BCUT2D eigenvalue weighted by atomic mass is 10.2. The van der Waals surface area contributed by atoms with Crippen molar-refractivity contribution in [3.05, 3.63) is 17.5 Å². The molecular formula is C12H23N3O. The van der Waals surface area contributed by atoms with Gasteiger partial charge in [-0.15, -0.1) is 0 Å². The second kappa shape index (κ2) is 6.01. The minimum absolute atomic E-state index is 0.378. The van der Waals surface area contributed by atoms with Gasteiger partial charge in [-0.1, -0.05) is 13.8 Å². The van der Waals surface area contributed by atoms with Crippen molar-refractivity contribution in [3.8, 4) is 0 Å². The monoisotopic (exact) mass is 225 g/mol. The van der Waals surface area contributed by atoms with Crippen molar-refractivity contribution in [2.45, 2.75) is 40.3 Å². The third-order valence-corrected chi connectivity index (χ3v) is 2.42. The lowest BCUT2D eigenvalue weighted by Gasteiger charge is -2.14. The van der Waals surface area contributed by atoms with Gasteiger partial charge in [0, 0.05) is 12.2 Å². The number of hydrogen-bond donors (Lipinski definition) is 2. The summed E-state index contributed by atoms with van der Waals surface area (Å²) in [6.07, 6.45) is -0.378. The van der Waals surface area contributed by atoms with E-state index in [0.717, 1.165) is 17.9 Å². The lowest BCUT2D eigenvalue weighted by molar-refractivity contribution is 0.145. The summed E-state index contributed by atoms with van der Waals surface area (Å²) >= 11 is 0. The highest BCUT2D eigenvalue weighted by molar-refractivity contribution is 5.06. The second-order valence-corrected chi connectivity index (χ2v) is 4.82. The lowest BCUT2D eigenvalue weighted by Crippen LogP contribution is -2.32. The van der Waals surface area contributed by atoms with Gasteiger partial charge < -0.3 is 10.4 Å². The minimum atomic E-state index is -0.378. The molecule has 0 spiro atoms. The summed E-state index contributed by atoms with van der Waals surface area (Å²) in [4.78, 5) is 0. The fourth-order valence-corrected chi connectivity index (χ4v) is 1.66. The molecule has 4 heteroatoms. The van der Waals surface area contributed by atoms with E-state index in [2.05, 4.69) is 24.3 Å². The zero-order chi connectivity index (χ0) is 12.1. The summed E-state index contributed by atoms with van der Waals surface area (Å²) < 4.78 is 1.86. The predicted octanol–water partition coefficient (Wildman–Crippen LogP) is 1.11. The van der Waals surface area contributed by atoms with Crippen molar-refractivity contribution in [2.24, 2.45) is 5.92 Å². The van der Waals surface area contributed by atoms with Crippen LogP contribution >= 0.6 is 0 Å². The van der Waals surface area contributed by atoms with Crippen molar-refractivity contribution >= 4 is 0 Å². The normalized spacial score (nSPS) is 13.4. The first-order chi connectivity index (χ1) is 7.49. The maximum atomic E-state index is 9.83. The molecule has 0 fully saturated rings. The van der Waals surface area contributed by atoms with Gasteiger partial charge in [0.15, 0.2) is 0 Å². The molecule has 0 amide bonds. The van der Waals surface area contributed by atoms with E-state index in [1.54, 1.807) is 0 Å². The zero-order valence-corrected chi connectivity index (χ0v) is 10.7. The summed E-state index contributed by atoms with van der Waals surface area (Å²) in [5, 5.41) is 17.4. The van der Waals surface area contributed by atoms with Crippen LogP contribution in [-0.4, -0.2) is 34.1 Å². The number of aliphatic hydroxyl groups excluding tert-OH is 1. The summed E-state index contributed by atoms with van der Waals surface area (Å²) in [5.74, 6) is 0.612. The number of nitrogens with one attached hydrogen (secondary N) is 1. The molecule has 0 bridgehead atoms. The van der Waals surface area contributed by atoms with Gasteiger partial charge in [-0.05, 0) is 32.4 Å². The largest absolute Gasteiger partial charge is 0.390 e. The van der Waals surface area contributed by atoms with E-state index in [4.69, 9.17) is 0 Å². The summed E-state index contributed by atoms with van der Waals surface area (Å²) in [7, 11) is 0. The molecule has 0 saturated carbocycles. The molecule has 1 atom stereocenters. The topological polar surface area (TPSA) is 50.1 Å². The molecule has 0 aromatic carbocycles. The van der Waals surface area contributed by atoms with E-state index in [1.165, 1.54) is 0 Å². The fraction of sp³-hybridized carbons (Fsp3) is 0.750. The Balaban J connectivity index is 2.34. The molecule has 1 aromatic rings. The molecule has 2 N–H and O–H groups in total. The van der Waals surface area contributed by atoms with Crippen molar-refractivity contribution in [1.82, 2.24) is 15.1 Å². The molecule has 0 aliphatic heterocycles. The minimum Gasteiger partial charge on any atom is -0.390 e. The van der Waals surface area contributed by atoms with Crippen LogP contribution in [0.15, 0.2) is 6.07 Å². The first kappa shape index (κ1) is 13.2. The van der Waals surface area contributed by atoms with Gasteiger partial charge in [-0.2, -0.15) is 5.10 Å². The van der Waals surface area contributed by atoms with Crippen LogP contribution in [0.25, 0.3) is 0 Å². The molecule has 1 heterocycles. The molecule has 4 nitrogen and oxygen atoms in total. The number of aliphatic hydroxyl groups is 1. The van der Waals surface area contributed by atoms with Gasteiger partial charge in [-0.3, -0.25) is 4.68 Å². The zero-order valence-electron chi connectivity index (χ0n) is 10.7. The Morgan fingerprint density at radius 3 is 2.56 bits per heavy atom. The maximum absolute atomic E-state index is 9.83. The maximum Gasteiger partial charge on any atom is 0.0860 e. The molecule has 0 aliphatic carbocycles. The highest BCUT2D eigenvalue weighted by Gasteiger charge is 2.08. The smallest absolute Gasteiger partial charge is 0.0860 e. The summed E-state index contributed by atoms with van der Waals surface area (Å²) in [5.41, 5.74) is 2.10. The van der Waals surface area contributed by atoms with Crippen LogP contribution < -0.4 is 5.32 Å². The Kier molecular flexibility index (Phi) is 4.96. The molecule has 1 rings (SSSR count). The van der Waals surface area contributed by atoms with E-state index >= 15 is 0 Å². The summed E-state index contributed by atoms with van der Waals surface area (Å²) in [6.45, 7) is 10.4. The third kappa shape index (κ3) is 4.33. The summed E-state index contributed by atoms with van der Waals surface area (Å²) in [6, 6.07) is 2.02. The van der Waals surface area contributed by atoms with Crippen LogP contribution in [0.5, 0.6) is 0 Å². The fourth-order valence-electron chi connectivity index (χ4n) is 1.66. The molecule has 1 unspecified atom stereocenters. The Bertz CT molecular complexity index is 320. The van der Waals surface area contributed by atoms with E-state index in [-0.39, 0.29) is 6.10 Å². The number of rotatable bonds is 6.